The number of furan rings is 1. The van der Waals surface area contributed by atoms with Gasteiger partial charge in [0.15, 0.2) is 5.76 Å². The Bertz CT molecular complexity index is 1000. The number of carbonyl (C=O) groups excluding carboxylic acids is 1. The molecular weight excluding hydrogens is 388 g/mol. The average Bonchev–Trinajstić information content (AvgIpc) is 3.43. The van der Waals surface area contributed by atoms with Gasteiger partial charge in [-0.1, -0.05) is 23.7 Å². The maximum absolute atomic E-state index is 12.7. The third-order valence-electron chi connectivity index (χ3n) is 5.33. The molecule has 2 aromatic heterocycles. The number of aryl methyl sites for hydroxylation is 1. The van der Waals surface area contributed by atoms with E-state index in [1.807, 2.05) is 48.9 Å². The van der Waals surface area contributed by atoms with Gasteiger partial charge in [0.2, 0.25) is 0 Å². The largest absolute Gasteiger partial charge is 0.455 e. The molecule has 0 saturated carbocycles. The van der Waals surface area contributed by atoms with E-state index < -0.39 is 0 Å². The molecule has 0 aliphatic carbocycles. The van der Waals surface area contributed by atoms with Crippen molar-refractivity contribution in [2.75, 3.05) is 18.4 Å². The second-order valence-electron chi connectivity index (χ2n) is 7.53. The van der Waals surface area contributed by atoms with Crippen molar-refractivity contribution >= 4 is 23.2 Å². The Hall–Kier alpha value is -2.57. The van der Waals surface area contributed by atoms with Gasteiger partial charge in [-0.3, -0.25) is 14.4 Å². The number of rotatable bonds is 6. The van der Waals surface area contributed by atoms with Crippen LogP contribution in [0.1, 0.15) is 46.1 Å². The van der Waals surface area contributed by atoms with E-state index in [1.165, 1.54) is 12.8 Å². The van der Waals surface area contributed by atoms with Crippen molar-refractivity contribution in [3.8, 4) is 0 Å². The lowest BCUT2D eigenvalue weighted by atomic mass is 10.2. The molecule has 1 saturated heterocycles. The summed E-state index contributed by atoms with van der Waals surface area (Å²) >= 11 is 5.96. The van der Waals surface area contributed by atoms with Crippen LogP contribution in [0.3, 0.4) is 0 Å². The molecule has 0 unspecified atom stereocenters. The van der Waals surface area contributed by atoms with Crippen LogP contribution in [-0.4, -0.2) is 33.7 Å². The van der Waals surface area contributed by atoms with Gasteiger partial charge < -0.3 is 9.73 Å². The fourth-order valence-corrected chi connectivity index (χ4v) is 3.84. The van der Waals surface area contributed by atoms with Crippen molar-refractivity contribution in [3.05, 3.63) is 69.9 Å². The first-order chi connectivity index (χ1) is 14.0. The number of amides is 1. The molecule has 1 amide bonds. The molecule has 1 aliphatic heterocycles. The molecule has 1 fully saturated rings. The minimum Gasteiger partial charge on any atom is -0.455 e. The number of hydrogen-bond donors (Lipinski definition) is 1. The smallest absolute Gasteiger partial charge is 0.291 e. The van der Waals surface area contributed by atoms with Gasteiger partial charge in [-0.05, 0) is 69.6 Å². The van der Waals surface area contributed by atoms with Gasteiger partial charge in [-0.15, -0.1) is 0 Å². The van der Waals surface area contributed by atoms with Gasteiger partial charge in [-0.2, -0.15) is 5.10 Å². The Balaban J connectivity index is 1.44. The first-order valence-electron chi connectivity index (χ1n) is 9.90. The Kier molecular flexibility index (Phi) is 5.74. The number of benzene rings is 1. The summed E-state index contributed by atoms with van der Waals surface area (Å²) in [4.78, 5) is 15.0. The van der Waals surface area contributed by atoms with E-state index in [2.05, 4.69) is 15.3 Å². The van der Waals surface area contributed by atoms with Crippen LogP contribution >= 0.6 is 11.6 Å². The monoisotopic (exact) mass is 412 g/mol. The van der Waals surface area contributed by atoms with Crippen molar-refractivity contribution < 1.29 is 9.21 Å². The fourth-order valence-electron chi connectivity index (χ4n) is 3.72. The van der Waals surface area contributed by atoms with E-state index >= 15 is 0 Å². The highest BCUT2D eigenvalue weighted by Gasteiger charge is 2.19. The van der Waals surface area contributed by atoms with Crippen LogP contribution in [0, 0.1) is 13.8 Å². The van der Waals surface area contributed by atoms with E-state index in [9.17, 15) is 4.79 Å². The summed E-state index contributed by atoms with van der Waals surface area (Å²) < 4.78 is 7.66. The van der Waals surface area contributed by atoms with Crippen molar-refractivity contribution in [1.82, 2.24) is 14.7 Å². The van der Waals surface area contributed by atoms with Crippen LogP contribution in [-0.2, 0) is 13.1 Å². The molecule has 29 heavy (non-hydrogen) atoms. The number of nitrogens with one attached hydrogen (secondary N) is 1. The molecule has 0 spiro atoms. The van der Waals surface area contributed by atoms with Crippen LogP contribution < -0.4 is 5.32 Å². The molecular formula is C22H25ClN4O2. The van der Waals surface area contributed by atoms with Gasteiger partial charge in [-0.25, -0.2) is 0 Å². The van der Waals surface area contributed by atoms with Gasteiger partial charge in [0.05, 0.1) is 30.2 Å². The lowest BCUT2D eigenvalue weighted by molar-refractivity contribution is 0.0993. The molecule has 3 aromatic rings. The number of nitrogens with zero attached hydrogens (tertiary/aromatic N) is 3. The van der Waals surface area contributed by atoms with E-state index in [4.69, 9.17) is 16.0 Å². The predicted octanol–water partition coefficient (Wildman–Crippen LogP) is 4.64. The van der Waals surface area contributed by atoms with Gasteiger partial charge in [0.1, 0.15) is 5.76 Å². The quantitative estimate of drug-likeness (QED) is 0.640. The SMILES string of the molecule is Cc1nn(Cc2ccc(Cl)cc2)c(C)c1NC(=O)c1ccc(CN2CCCC2)o1. The minimum atomic E-state index is -0.255. The second-order valence-corrected chi connectivity index (χ2v) is 7.97. The summed E-state index contributed by atoms with van der Waals surface area (Å²) in [6.45, 7) is 7.39. The van der Waals surface area contributed by atoms with E-state index in [-0.39, 0.29) is 5.91 Å². The van der Waals surface area contributed by atoms with Gasteiger partial charge in [0.25, 0.3) is 5.91 Å². The third kappa shape index (κ3) is 4.54. The highest BCUT2D eigenvalue weighted by Crippen LogP contribution is 2.23. The molecule has 152 valence electrons. The van der Waals surface area contributed by atoms with Gasteiger partial charge in [0, 0.05) is 5.02 Å². The molecule has 3 heterocycles. The lowest BCUT2D eigenvalue weighted by Gasteiger charge is -2.11. The van der Waals surface area contributed by atoms with E-state index in [0.29, 0.717) is 17.3 Å². The molecule has 0 radical (unpaired) electrons. The van der Waals surface area contributed by atoms with Crippen molar-refractivity contribution in [3.63, 3.8) is 0 Å². The zero-order chi connectivity index (χ0) is 20.4. The van der Waals surface area contributed by atoms with Crippen LogP contribution in [0.15, 0.2) is 40.8 Å². The highest BCUT2D eigenvalue weighted by molar-refractivity contribution is 6.30. The minimum absolute atomic E-state index is 0.255. The lowest BCUT2D eigenvalue weighted by Crippen LogP contribution is -2.18. The summed E-state index contributed by atoms with van der Waals surface area (Å²) in [5.74, 6) is 0.891. The first kappa shape index (κ1) is 19.7. The van der Waals surface area contributed by atoms with E-state index in [1.54, 1.807) is 6.07 Å². The molecule has 1 aromatic carbocycles. The fraction of sp³-hybridized carbons (Fsp3) is 0.364. The summed E-state index contributed by atoms with van der Waals surface area (Å²) in [5, 5.41) is 8.25. The zero-order valence-corrected chi connectivity index (χ0v) is 17.5. The third-order valence-corrected chi connectivity index (χ3v) is 5.58. The topological polar surface area (TPSA) is 63.3 Å². The molecule has 4 rings (SSSR count). The molecule has 1 N–H and O–H groups in total. The molecule has 1 aliphatic rings. The number of carbonyl (C=O) groups is 1. The Morgan fingerprint density at radius 3 is 2.55 bits per heavy atom. The standard InChI is InChI=1S/C22H25ClN4O2/c1-15-21(16(2)27(25-15)13-17-5-7-18(23)8-6-17)24-22(28)20-10-9-19(29-20)14-26-11-3-4-12-26/h5-10H,3-4,11-14H2,1-2H3,(H,24,28). The zero-order valence-electron chi connectivity index (χ0n) is 16.7. The number of anilines is 1. The number of likely N-dealkylation sites (tertiary alicyclic amines) is 1. The molecule has 7 heteroatoms. The highest BCUT2D eigenvalue weighted by atomic mass is 35.5. The normalized spacial score (nSPS) is 14.4. The Morgan fingerprint density at radius 1 is 1.10 bits per heavy atom. The van der Waals surface area contributed by atoms with Crippen molar-refractivity contribution in [2.24, 2.45) is 0 Å². The molecule has 6 nitrogen and oxygen atoms in total. The van der Waals surface area contributed by atoms with Crippen molar-refractivity contribution in [1.29, 1.82) is 0 Å². The van der Waals surface area contributed by atoms with E-state index in [0.717, 1.165) is 48.0 Å². The van der Waals surface area contributed by atoms with Crippen LogP contribution in [0.2, 0.25) is 5.02 Å². The van der Waals surface area contributed by atoms with Crippen LogP contribution in [0.4, 0.5) is 5.69 Å². The van der Waals surface area contributed by atoms with Crippen molar-refractivity contribution in [2.45, 2.75) is 39.8 Å². The van der Waals surface area contributed by atoms with Gasteiger partial charge >= 0.3 is 0 Å². The van der Waals surface area contributed by atoms with Crippen LogP contribution in [0.5, 0.6) is 0 Å². The maximum atomic E-state index is 12.7. The summed E-state index contributed by atoms with van der Waals surface area (Å²) in [6.07, 6.45) is 2.46. The summed E-state index contributed by atoms with van der Waals surface area (Å²) in [6, 6.07) is 11.3. The number of halogens is 1. The average molecular weight is 413 g/mol. The summed E-state index contributed by atoms with van der Waals surface area (Å²) in [5.41, 5.74) is 3.49. The Morgan fingerprint density at radius 2 is 1.83 bits per heavy atom. The molecule has 0 bridgehead atoms. The van der Waals surface area contributed by atoms with Crippen LogP contribution in [0.25, 0.3) is 0 Å². The maximum Gasteiger partial charge on any atom is 0.291 e. The number of hydrogen-bond acceptors (Lipinski definition) is 4. The Labute approximate surface area is 175 Å². The first-order valence-corrected chi connectivity index (χ1v) is 10.3. The number of aromatic nitrogens is 2. The second kappa shape index (κ2) is 8.43. The molecule has 0 atom stereocenters. The predicted molar refractivity (Wildman–Crippen MR) is 113 cm³/mol. The summed E-state index contributed by atoms with van der Waals surface area (Å²) in [7, 11) is 0.